The van der Waals surface area contributed by atoms with Crippen LogP contribution in [0.4, 0.5) is 5.00 Å². The van der Waals surface area contributed by atoms with Gasteiger partial charge in [-0.05, 0) is 50.7 Å². The van der Waals surface area contributed by atoms with Gasteiger partial charge < -0.3 is 10.1 Å². The summed E-state index contributed by atoms with van der Waals surface area (Å²) in [6.45, 7) is 3.68. The minimum Gasteiger partial charge on any atom is -0.459 e. The van der Waals surface area contributed by atoms with Crippen LogP contribution in [-0.2, 0) is 28.1 Å². The van der Waals surface area contributed by atoms with Crippen molar-refractivity contribution < 1.29 is 14.3 Å². The second kappa shape index (κ2) is 9.42. The van der Waals surface area contributed by atoms with E-state index in [4.69, 9.17) is 4.74 Å². The Bertz CT molecular complexity index is 799. The number of aryl methyl sites for hydroxylation is 1. The molecule has 0 unspecified atom stereocenters. The van der Waals surface area contributed by atoms with Crippen LogP contribution in [0.1, 0.15) is 53.1 Å². The van der Waals surface area contributed by atoms with E-state index < -0.39 is 0 Å². The number of fused-ring (bicyclic) bond motifs is 1. The summed E-state index contributed by atoms with van der Waals surface area (Å²) in [7, 11) is 0. The molecule has 1 aromatic carbocycles. The van der Waals surface area contributed by atoms with Gasteiger partial charge in [0.2, 0.25) is 5.91 Å². The number of benzene rings is 1. The van der Waals surface area contributed by atoms with Crippen LogP contribution in [0, 0.1) is 0 Å². The summed E-state index contributed by atoms with van der Waals surface area (Å²) >= 11 is 3.10. The number of hydrogen-bond donors (Lipinski definition) is 1. The van der Waals surface area contributed by atoms with Crippen LogP contribution in [0.25, 0.3) is 0 Å². The third-order valence-electron chi connectivity index (χ3n) is 4.32. The molecule has 1 aromatic heterocycles. The summed E-state index contributed by atoms with van der Waals surface area (Å²) in [4.78, 5) is 26.3. The van der Waals surface area contributed by atoms with Gasteiger partial charge in [-0.25, -0.2) is 4.79 Å². The fraction of sp³-hybridized carbons (Fsp3) is 0.429. The Hall–Kier alpha value is -1.79. The molecule has 0 saturated carbocycles. The number of thiophene rings is 1. The van der Waals surface area contributed by atoms with Gasteiger partial charge in [-0.3, -0.25) is 4.79 Å². The Labute approximate surface area is 168 Å². The zero-order valence-electron chi connectivity index (χ0n) is 15.7. The molecular weight excluding hydrogens is 378 g/mol. The first-order valence-corrected chi connectivity index (χ1v) is 11.3. The van der Waals surface area contributed by atoms with Crippen LogP contribution in [0.3, 0.4) is 0 Å². The van der Waals surface area contributed by atoms with Crippen molar-refractivity contribution in [1.29, 1.82) is 0 Å². The molecule has 0 radical (unpaired) electrons. The summed E-state index contributed by atoms with van der Waals surface area (Å²) in [5.41, 5.74) is 2.84. The van der Waals surface area contributed by atoms with Crippen LogP contribution in [0.5, 0.6) is 0 Å². The lowest BCUT2D eigenvalue weighted by Gasteiger charge is -2.14. The van der Waals surface area contributed by atoms with E-state index in [1.54, 1.807) is 11.8 Å². The molecule has 1 aliphatic carbocycles. The second-order valence-electron chi connectivity index (χ2n) is 6.90. The quantitative estimate of drug-likeness (QED) is 0.656. The Kier molecular flexibility index (Phi) is 6.96. The number of thioether (sulfide) groups is 1. The van der Waals surface area contributed by atoms with Crippen molar-refractivity contribution >= 4 is 40.0 Å². The molecule has 1 heterocycles. The number of amides is 1. The largest absolute Gasteiger partial charge is 0.459 e. The van der Waals surface area contributed by atoms with Gasteiger partial charge in [-0.1, -0.05) is 30.3 Å². The zero-order chi connectivity index (χ0) is 19.2. The molecule has 3 rings (SSSR count). The molecule has 0 fully saturated rings. The lowest BCUT2D eigenvalue weighted by molar-refractivity contribution is -0.113. The van der Waals surface area contributed by atoms with E-state index in [0.717, 1.165) is 37.0 Å². The molecule has 144 valence electrons. The molecule has 1 N–H and O–H groups in total. The van der Waals surface area contributed by atoms with Crippen molar-refractivity contribution in [2.45, 2.75) is 51.4 Å². The van der Waals surface area contributed by atoms with Gasteiger partial charge in [0, 0.05) is 10.6 Å². The lowest BCUT2D eigenvalue weighted by Crippen LogP contribution is -2.18. The Morgan fingerprint density at radius 3 is 2.67 bits per heavy atom. The molecule has 0 aliphatic heterocycles. The Morgan fingerprint density at radius 1 is 1.19 bits per heavy atom. The maximum atomic E-state index is 12.6. The number of nitrogens with one attached hydrogen (secondary N) is 1. The van der Waals surface area contributed by atoms with Crippen LogP contribution in [0.2, 0.25) is 0 Å². The van der Waals surface area contributed by atoms with E-state index in [1.165, 1.54) is 21.8 Å². The molecule has 0 saturated heterocycles. The molecule has 27 heavy (non-hydrogen) atoms. The number of hydrogen-bond acceptors (Lipinski definition) is 5. The smallest absolute Gasteiger partial charge is 0.341 e. The monoisotopic (exact) mass is 403 g/mol. The van der Waals surface area contributed by atoms with E-state index >= 15 is 0 Å². The maximum absolute atomic E-state index is 12.6. The second-order valence-corrected chi connectivity index (χ2v) is 8.99. The highest BCUT2D eigenvalue weighted by molar-refractivity contribution is 7.99. The maximum Gasteiger partial charge on any atom is 0.341 e. The normalized spacial score (nSPS) is 13.3. The summed E-state index contributed by atoms with van der Waals surface area (Å²) in [6, 6.07) is 10.1. The number of rotatable bonds is 7. The van der Waals surface area contributed by atoms with Crippen molar-refractivity contribution in [2.24, 2.45) is 0 Å². The molecule has 4 nitrogen and oxygen atoms in total. The number of carbonyl (C=O) groups is 2. The Morgan fingerprint density at radius 2 is 1.93 bits per heavy atom. The SMILES string of the molecule is CC(C)OC(=O)c1c(NC(=O)CSCc2ccccc2)sc2c1CCCC2. The van der Waals surface area contributed by atoms with Crippen molar-refractivity contribution in [2.75, 3.05) is 11.1 Å². The Balaban J connectivity index is 1.67. The summed E-state index contributed by atoms with van der Waals surface area (Å²) in [6.07, 6.45) is 3.88. The van der Waals surface area contributed by atoms with E-state index in [-0.39, 0.29) is 18.0 Å². The third kappa shape index (κ3) is 5.36. The highest BCUT2D eigenvalue weighted by Gasteiger charge is 2.27. The van der Waals surface area contributed by atoms with Crippen LogP contribution in [-0.4, -0.2) is 23.7 Å². The average molecular weight is 404 g/mol. The van der Waals surface area contributed by atoms with E-state index in [2.05, 4.69) is 17.4 Å². The number of esters is 1. The van der Waals surface area contributed by atoms with Gasteiger partial charge in [0.25, 0.3) is 0 Å². The first kappa shape index (κ1) is 20.0. The number of carbonyl (C=O) groups excluding carboxylic acids is 2. The van der Waals surface area contributed by atoms with Crippen LogP contribution >= 0.6 is 23.1 Å². The van der Waals surface area contributed by atoms with Crippen LogP contribution in [0.15, 0.2) is 30.3 Å². The van der Waals surface area contributed by atoms with Gasteiger partial charge >= 0.3 is 5.97 Å². The number of ether oxygens (including phenoxy) is 1. The van der Waals surface area contributed by atoms with Crippen molar-refractivity contribution in [1.82, 2.24) is 0 Å². The summed E-state index contributed by atoms with van der Waals surface area (Å²) in [5, 5.41) is 3.62. The topological polar surface area (TPSA) is 55.4 Å². The minimum atomic E-state index is -0.323. The lowest BCUT2D eigenvalue weighted by atomic mass is 9.95. The molecular formula is C21H25NO3S2. The van der Waals surface area contributed by atoms with Crippen molar-refractivity contribution in [3.8, 4) is 0 Å². The summed E-state index contributed by atoms with van der Waals surface area (Å²) < 4.78 is 5.43. The molecule has 0 atom stereocenters. The molecule has 1 aliphatic rings. The fourth-order valence-corrected chi connectivity index (χ4v) is 5.22. The van der Waals surface area contributed by atoms with E-state index in [9.17, 15) is 9.59 Å². The third-order valence-corrected chi connectivity index (χ3v) is 6.53. The summed E-state index contributed by atoms with van der Waals surface area (Å²) in [5.74, 6) is 0.748. The predicted octanol–water partition coefficient (Wildman–Crippen LogP) is 5.06. The van der Waals surface area contributed by atoms with Crippen molar-refractivity contribution in [3.05, 3.63) is 51.9 Å². The molecule has 0 spiro atoms. The first-order chi connectivity index (χ1) is 13.0. The van der Waals surface area contributed by atoms with Gasteiger partial charge in [-0.2, -0.15) is 0 Å². The predicted molar refractivity (Wildman–Crippen MR) is 113 cm³/mol. The minimum absolute atomic E-state index is 0.0758. The molecule has 1 amide bonds. The zero-order valence-corrected chi connectivity index (χ0v) is 17.4. The number of anilines is 1. The van der Waals surface area contributed by atoms with Gasteiger partial charge in [0.1, 0.15) is 5.00 Å². The molecule has 2 aromatic rings. The van der Waals surface area contributed by atoms with E-state index in [0.29, 0.717) is 16.3 Å². The standard InChI is InChI=1S/C21H25NO3S2/c1-14(2)25-21(24)19-16-10-6-7-11-17(16)27-20(19)22-18(23)13-26-12-15-8-4-3-5-9-15/h3-5,8-9,14H,6-7,10-13H2,1-2H3,(H,22,23). The highest BCUT2D eigenvalue weighted by atomic mass is 32.2. The molecule has 0 bridgehead atoms. The average Bonchev–Trinajstić information content (AvgIpc) is 2.99. The van der Waals surface area contributed by atoms with Crippen LogP contribution < -0.4 is 5.32 Å². The van der Waals surface area contributed by atoms with Gasteiger partial charge in [0.05, 0.1) is 17.4 Å². The molecule has 6 heteroatoms. The van der Waals surface area contributed by atoms with Gasteiger partial charge in [0.15, 0.2) is 0 Å². The highest BCUT2D eigenvalue weighted by Crippen LogP contribution is 2.38. The first-order valence-electron chi connectivity index (χ1n) is 9.31. The van der Waals surface area contributed by atoms with Crippen molar-refractivity contribution in [3.63, 3.8) is 0 Å². The van der Waals surface area contributed by atoms with Gasteiger partial charge in [-0.15, -0.1) is 23.1 Å². The van der Waals surface area contributed by atoms with E-state index in [1.807, 2.05) is 32.0 Å². The fourth-order valence-electron chi connectivity index (χ4n) is 3.14.